The number of rotatable bonds is 8. The normalized spacial score (nSPS) is 19.5. The second-order valence-electron chi connectivity index (χ2n) is 6.51. The van der Waals surface area contributed by atoms with Crippen LogP contribution in [0.2, 0.25) is 0 Å². The molecule has 7 heteroatoms. The van der Waals surface area contributed by atoms with Crippen LogP contribution in [0.4, 0.5) is 0 Å². The predicted molar refractivity (Wildman–Crippen MR) is 96.6 cm³/mol. The topological polar surface area (TPSA) is 78.3 Å². The van der Waals surface area contributed by atoms with E-state index in [0.717, 1.165) is 37.9 Å². The number of hydrogen-bond donors (Lipinski definition) is 2. The summed E-state index contributed by atoms with van der Waals surface area (Å²) < 4.78 is 15.3. The highest BCUT2D eigenvalue weighted by Crippen LogP contribution is 2.27. The van der Waals surface area contributed by atoms with Crippen molar-refractivity contribution in [3.8, 4) is 11.5 Å². The lowest BCUT2D eigenvalue weighted by atomic mass is 9.97. The number of esters is 1. The Bertz CT molecular complexity index is 612. The van der Waals surface area contributed by atoms with Crippen LogP contribution in [-0.4, -0.2) is 59.4 Å². The second kappa shape index (κ2) is 10.0. The second-order valence-corrected chi connectivity index (χ2v) is 6.51. The Labute approximate surface area is 154 Å². The molecule has 0 radical (unpaired) electrons. The summed E-state index contributed by atoms with van der Waals surface area (Å²) in [6.45, 7) is 2.66. The fourth-order valence-corrected chi connectivity index (χ4v) is 3.28. The Kier molecular flexibility index (Phi) is 7.72. The molecule has 0 atom stereocenters. The van der Waals surface area contributed by atoms with Gasteiger partial charge in [-0.05, 0) is 24.1 Å². The number of benzene rings is 1. The van der Waals surface area contributed by atoms with Gasteiger partial charge in [-0.25, -0.2) is 0 Å². The van der Waals surface area contributed by atoms with E-state index in [-0.39, 0.29) is 17.8 Å². The lowest BCUT2D eigenvalue weighted by molar-refractivity contribution is -0.897. The van der Waals surface area contributed by atoms with E-state index in [4.69, 9.17) is 14.2 Å². The van der Waals surface area contributed by atoms with Gasteiger partial charge in [0.1, 0.15) is 0 Å². The number of piperidine rings is 1. The predicted octanol–water partition coefficient (Wildman–Crippen LogP) is -0.170. The third-order valence-electron chi connectivity index (χ3n) is 4.82. The van der Waals surface area contributed by atoms with Gasteiger partial charge in [-0.3, -0.25) is 9.59 Å². The summed E-state index contributed by atoms with van der Waals surface area (Å²) in [5.41, 5.74) is 1.08. The van der Waals surface area contributed by atoms with Crippen molar-refractivity contribution < 1.29 is 28.7 Å². The van der Waals surface area contributed by atoms with Gasteiger partial charge in [-0.1, -0.05) is 6.07 Å². The average molecular weight is 365 g/mol. The summed E-state index contributed by atoms with van der Waals surface area (Å²) in [7, 11) is 4.64. The standard InChI is InChI=1S/C19H28N2O5/c1-24-16-5-4-14(12-17(16)25-2)6-9-20-18(22)13-21-10-7-15(8-11-21)19(23)26-3/h4-5,12,15H,6-11,13H2,1-3H3,(H,20,22)/p+1. The zero-order valence-electron chi connectivity index (χ0n) is 15.8. The number of carbonyl (C=O) groups is 2. The van der Waals surface area contributed by atoms with Gasteiger partial charge in [-0.2, -0.15) is 0 Å². The Morgan fingerprint density at radius 1 is 1.12 bits per heavy atom. The molecule has 0 spiro atoms. The number of carbonyl (C=O) groups excluding carboxylic acids is 2. The molecule has 1 aliphatic rings. The molecule has 144 valence electrons. The summed E-state index contributed by atoms with van der Waals surface area (Å²) >= 11 is 0. The lowest BCUT2D eigenvalue weighted by Crippen LogP contribution is -3.14. The largest absolute Gasteiger partial charge is 0.493 e. The van der Waals surface area contributed by atoms with Crippen LogP contribution >= 0.6 is 0 Å². The molecule has 26 heavy (non-hydrogen) atoms. The molecule has 0 aliphatic carbocycles. The zero-order valence-corrected chi connectivity index (χ0v) is 15.8. The van der Waals surface area contributed by atoms with E-state index in [1.165, 1.54) is 12.0 Å². The Balaban J connectivity index is 1.70. The first-order chi connectivity index (χ1) is 12.6. The minimum Gasteiger partial charge on any atom is -0.493 e. The minimum atomic E-state index is -0.136. The lowest BCUT2D eigenvalue weighted by Gasteiger charge is -2.27. The fraction of sp³-hybridized carbons (Fsp3) is 0.579. The van der Waals surface area contributed by atoms with E-state index in [0.29, 0.717) is 24.6 Å². The summed E-state index contributed by atoms with van der Waals surface area (Å²) in [6.07, 6.45) is 2.29. The minimum absolute atomic E-state index is 0.0168. The van der Waals surface area contributed by atoms with Crippen LogP contribution in [0.3, 0.4) is 0 Å². The number of quaternary nitrogens is 1. The molecule has 0 aromatic heterocycles. The van der Waals surface area contributed by atoms with E-state index in [1.54, 1.807) is 14.2 Å². The van der Waals surface area contributed by atoms with E-state index < -0.39 is 0 Å². The van der Waals surface area contributed by atoms with Gasteiger partial charge in [0.05, 0.1) is 40.3 Å². The molecule has 1 saturated heterocycles. The van der Waals surface area contributed by atoms with Crippen molar-refractivity contribution in [1.29, 1.82) is 0 Å². The average Bonchev–Trinajstić information content (AvgIpc) is 2.67. The van der Waals surface area contributed by atoms with Crippen LogP contribution in [-0.2, 0) is 20.7 Å². The number of amides is 1. The van der Waals surface area contributed by atoms with Crippen molar-refractivity contribution in [1.82, 2.24) is 5.32 Å². The number of methoxy groups -OCH3 is 3. The van der Waals surface area contributed by atoms with Crippen LogP contribution in [0, 0.1) is 5.92 Å². The van der Waals surface area contributed by atoms with Crippen molar-refractivity contribution in [2.45, 2.75) is 19.3 Å². The third kappa shape index (κ3) is 5.62. The molecule has 0 saturated carbocycles. The number of nitrogens with one attached hydrogen (secondary N) is 2. The fourth-order valence-electron chi connectivity index (χ4n) is 3.28. The van der Waals surface area contributed by atoms with Crippen molar-refractivity contribution in [2.75, 3.05) is 47.5 Å². The number of likely N-dealkylation sites (tertiary alicyclic amines) is 1. The van der Waals surface area contributed by atoms with E-state index >= 15 is 0 Å². The highest BCUT2D eigenvalue weighted by molar-refractivity contribution is 5.76. The van der Waals surface area contributed by atoms with Gasteiger partial charge in [-0.15, -0.1) is 0 Å². The maximum atomic E-state index is 12.1. The van der Waals surface area contributed by atoms with E-state index in [2.05, 4.69) is 5.32 Å². The molecule has 1 aromatic carbocycles. The van der Waals surface area contributed by atoms with Gasteiger partial charge < -0.3 is 24.4 Å². The van der Waals surface area contributed by atoms with E-state index in [9.17, 15) is 9.59 Å². The molecule has 2 rings (SSSR count). The Hall–Kier alpha value is -2.28. The molecular formula is C19H29N2O5+. The van der Waals surface area contributed by atoms with Gasteiger partial charge in [0.25, 0.3) is 5.91 Å². The van der Waals surface area contributed by atoms with Crippen molar-refractivity contribution >= 4 is 11.9 Å². The third-order valence-corrected chi connectivity index (χ3v) is 4.82. The summed E-state index contributed by atoms with van der Waals surface area (Å²) in [4.78, 5) is 24.9. The van der Waals surface area contributed by atoms with Gasteiger partial charge in [0.15, 0.2) is 18.0 Å². The molecule has 0 unspecified atom stereocenters. The van der Waals surface area contributed by atoms with Crippen molar-refractivity contribution in [2.24, 2.45) is 5.92 Å². The molecular weight excluding hydrogens is 336 g/mol. The molecule has 1 fully saturated rings. The monoisotopic (exact) mass is 365 g/mol. The molecule has 1 aliphatic heterocycles. The maximum absolute atomic E-state index is 12.1. The smallest absolute Gasteiger partial charge is 0.309 e. The van der Waals surface area contributed by atoms with Crippen LogP contribution in [0.5, 0.6) is 11.5 Å². The van der Waals surface area contributed by atoms with Crippen LogP contribution in [0.1, 0.15) is 18.4 Å². The molecule has 1 aromatic rings. The molecule has 1 amide bonds. The van der Waals surface area contributed by atoms with Gasteiger partial charge in [0, 0.05) is 19.4 Å². The van der Waals surface area contributed by atoms with E-state index in [1.807, 2.05) is 18.2 Å². The van der Waals surface area contributed by atoms with Crippen molar-refractivity contribution in [3.05, 3.63) is 23.8 Å². The van der Waals surface area contributed by atoms with Crippen LogP contribution in [0.15, 0.2) is 18.2 Å². The van der Waals surface area contributed by atoms with Crippen molar-refractivity contribution in [3.63, 3.8) is 0 Å². The molecule has 7 nitrogen and oxygen atoms in total. The maximum Gasteiger partial charge on any atom is 0.309 e. The molecule has 2 N–H and O–H groups in total. The van der Waals surface area contributed by atoms with Crippen LogP contribution in [0.25, 0.3) is 0 Å². The first-order valence-corrected chi connectivity index (χ1v) is 8.96. The first kappa shape index (κ1) is 20.0. The first-order valence-electron chi connectivity index (χ1n) is 8.96. The zero-order chi connectivity index (χ0) is 18.9. The quantitative estimate of drug-likeness (QED) is 0.626. The number of ether oxygens (including phenoxy) is 3. The van der Waals surface area contributed by atoms with Crippen LogP contribution < -0.4 is 19.7 Å². The summed E-state index contributed by atoms with van der Waals surface area (Å²) in [6, 6.07) is 5.76. The Morgan fingerprint density at radius 3 is 2.42 bits per heavy atom. The Morgan fingerprint density at radius 2 is 1.81 bits per heavy atom. The molecule has 0 bridgehead atoms. The highest BCUT2D eigenvalue weighted by atomic mass is 16.5. The number of hydrogen-bond acceptors (Lipinski definition) is 5. The summed E-state index contributed by atoms with van der Waals surface area (Å²) in [5, 5.41) is 2.97. The van der Waals surface area contributed by atoms with Gasteiger partial charge >= 0.3 is 5.97 Å². The highest BCUT2D eigenvalue weighted by Gasteiger charge is 2.28. The summed E-state index contributed by atoms with van der Waals surface area (Å²) in [5.74, 6) is 1.27. The molecule has 1 heterocycles. The SMILES string of the molecule is COC(=O)C1CC[NH+](CC(=O)NCCc2ccc(OC)c(OC)c2)CC1. The van der Waals surface area contributed by atoms with Gasteiger partial charge in [0.2, 0.25) is 0 Å².